The number of nitrogens with one attached hydrogen (secondary N) is 1. The molecule has 1 aliphatic heterocycles. The summed E-state index contributed by atoms with van der Waals surface area (Å²) in [4.78, 5) is 11.3. The second-order valence-corrected chi connectivity index (χ2v) is 8.15. The van der Waals surface area contributed by atoms with Crippen LogP contribution < -0.4 is 14.4 Å². The number of hydrogen-bond acceptors (Lipinski definition) is 4. The maximum atomic E-state index is 13.1. The molecular weight excluding hydrogens is 364 g/mol. The fraction of sp³-hybridized carbons (Fsp3) is 0.235. The van der Waals surface area contributed by atoms with Crippen molar-refractivity contribution in [3.05, 3.63) is 46.5 Å². The fourth-order valence-corrected chi connectivity index (χ4v) is 4.40. The number of carbonyl (C=O) groups is 1. The lowest BCUT2D eigenvalue weighted by Gasteiger charge is -2.24. The molecule has 0 aromatic heterocycles. The van der Waals surface area contributed by atoms with Gasteiger partial charge < -0.3 is 10.1 Å². The van der Waals surface area contributed by atoms with Crippen LogP contribution in [0.25, 0.3) is 0 Å². The summed E-state index contributed by atoms with van der Waals surface area (Å²) in [6.07, 6.45) is 0. The van der Waals surface area contributed by atoms with Gasteiger partial charge in [0, 0.05) is 13.1 Å². The van der Waals surface area contributed by atoms with Crippen LogP contribution >= 0.6 is 11.6 Å². The molecule has 1 amide bonds. The Morgan fingerprint density at radius 1 is 1.24 bits per heavy atom. The molecule has 0 unspecified atom stereocenters. The van der Waals surface area contributed by atoms with Crippen LogP contribution in [0.5, 0.6) is 5.75 Å². The number of carbonyl (C=O) groups excluding carboxylic acids is 1. The molecular formula is C17H17ClN2O4S. The number of nitrogens with zero attached hydrogens (tertiary/aromatic N) is 1. The van der Waals surface area contributed by atoms with E-state index in [9.17, 15) is 13.2 Å². The van der Waals surface area contributed by atoms with Gasteiger partial charge in [-0.2, -0.15) is 0 Å². The second kappa shape index (κ2) is 6.24. The molecule has 1 aliphatic rings. The molecule has 25 heavy (non-hydrogen) atoms. The minimum Gasteiger partial charge on any atom is -0.482 e. The van der Waals surface area contributed by atoms with Gasteiger partial charge in [-0.25, -0.2) is 8.42 Å². The predicted octanol–water partition coefficient (Wildman–Crippen LogP) is 3.11. The van der Waals surface area contributed by atoms with E-state index in [1.54, 1.807) is 12.1 Å². The van der Waals surface area contributed by atoms with E-state index in [1.165, 1.54) is 23.5 Å². The molecule has 8 heteroatoms. The lowest BCUT2D eigenvalue weighted by atomic mass is 10.1. The van der Waals surface area contributed by atoms with Gasteiger partial charge in [0.05, 0.1) is 16.4 Å². The molecule has 0 aliphatic carbocycles. The van der Waals surface area contributed by atoms with E-state index >= 15 is 0 Å². The second-order valence-electron chi connectivity index (χ2n) is 5.81. The first-order valence-corrected chi connectivity index (χ1v) is 9.35. The van der Waals surface area contributed by atoms with Crippen molar-refractivity contribution in [1.82, 2.24) is 0 Å². The number of rotatable bonds is 3. The standard InChI is InChI=1S/C17H17ClN2O4S/c1-10-5-4-6-14(11(10)2)20(3)25(22,23)16-8-15-13(7-12(16)18)19-17(21)9-24-15/h4-8H,9H2,1-3H3,(H,19,21). The van der Waals surface area contributed by atoms with Crippen LogP contribution in [-0.4, -0.2) is 28.0 Å². The first kappa shape index (κ1) is 17.6. The third kappa shape index (κ3) is 3.05. The Bertz CT molecular complexity index is 973. The summed E-state index contributed by atoms with van der Waals surface area (Å²) in [5.74, 6) is -0.0383. The number of sulfonamides is 1. The zero-order chi connectivity index (χ0) is 18.4. The number of fused-ring (bicyclic) bond motifs is 1. The van der Waals surface area contributed by atoms with E-state index in [0.717, 1.165) is 11.1 Å². The van der Waals surface area contributed by atoms with Gasteiger partial charge in [0.1, 0.15) is 10.6 Å². The van der Waals surface area contributed by atoms with E-state index in [0.29, 0.717) is 11.4 Å². The molecule has 2 aromatic rings. The van der Waals surface area contributed by atoms with Crippen molar-refractivity contribution < 1.29 is 17.9 Å². The molecule has 132 valence electrons. The summed E-state index contributed by atoms with van der Waals surface area (Å²) < 4.78 is 32.6. The Labute approximate surface area is 151 Å². The molecule has 6 nitrogen and oxygen atoms in total. The Morgan fingerprint density at radius 2 is 1.96 bits per heavy atom. The minimum atomic E-state index is -3.90. The van der Waals surface area contributed by atoms with Crippen molar-refractivity contribution in [2.24, 2.45) is 0 Å². The molecule has 0 radical (unpaired) electrons. The van der Waals surface area contributed by atoms with Gasteiger partial charge in [0.15, 0.2) is 6.61 Å². The molecule has 0 spiro atoms. The zero-order valence-electron chi connectivity index (χ0n) is 14.0. The van der Waals surface area contributed by atoms with Crippen LogP contribution in [0.2, 0.25) is 5.02 Å². The van der Waals surface area contributed by atoms with Crippen molar-refractivity contribution in [1.29, 1.82) is 0 Å². The lowest BCUT2D eigenvalue weighted by molar-refractivity contribution is -0.118. The molecule has 3 rings (SSSR count). The van der Waals surface area contributed by atoms with Gasteiger partial charge in [-0.05, 0) is 37.1 Å². The van der Waals surface area contributed by atoms with Gasteiger partial charge in [-0.15, -0.1) is 0 Å². The van der Waals surface area contributed by atoms with Crippen molar-refractivity contribution in [2.75, 3.05) is 23.3 Å². The van der Waals surface area contributed by atoms with Crippen molar-refractivity contribution >= 4 is 38.9 Å². The maximum Gasteiger partial charge on any atom is 0.265 e. The summed E-state index contributed by atoms with van der Waals surface area (Å²) >= 11 is 6.18. The average Bonchev–Trinajstić information content (AvgIpc) is 2.55. The SMILES string of the molecule is Cc1cccc(N(C)S(=O)(=O)c2cc3c(cc2Cl)NC(=O)CO3)c1C. The highest BCUT2D eigenvalue weighted by Crippen LogP contribution is 2.38. The number of anilines is 2. The monoisotopic (exact) mass is 380 g/mol. The topological polar surface area (TPSA) is 75.7 Å². The van der Waals surface area contributed by atoms with Crippen LogP contribution in [0.4, 0.5) is 11.4 Å². The molecule has 1 N–H and O–H groups in total. The van der Waals surface area contributed by atoms with Crippen LogP contribution in [0.15, 0.2) is 35.2 Å². The number of benzene rings is 2. The van der Waals surface area contributed by atoms with Gasteiger partial charge in [0.25, 0.3) is 15.9 Å². The molecule has 0 saturated heterocycles. The van der Waals surface area contributed by atoms with Crippen molar-refractivity contribution in [2.45, 2.75) is 18.7 Å². The van der Waals surface area contributed by atoms with Gasteiger partial charge >= 0.3 is 0 Å². The third-order valence-electron chi connectivity index (χ3n) is 4.22. The van der Waals surface area contributed by atoms with E-state index in [2.05, 4.69) is 5.32 Å². The Balaban J connectivity index is 2.08. The van der Waals surface area contributed by atoms with E-state index in [1.807, 2.05) is 19.9 Å². The lowest BCUT2D eigenvalue weighted by Crippen LogP contribution is -2.29. The maximum absolute atomic E-state index is 13.1. The summed E-state index contributed by atoms with van der Waals surface area (Å²) in [7, 11) is -2.42. The average molecular weight is 381 g/mol. The van der Waals surface area contributed by atoms with Crippen molar-refractivity contribution in [3.8, 4) is 5.75 Å². The Kier molecular flexibility index (Phi) is 4.38. The number of amides is 1. The van der Waals surface area contributed by atoms with Crippen LogP contribution in [-0.2, 0) is 14.8 Å². The third-order valence-corrected chi connectivity index (χ3v) is 6.46. The Hall–Kier alpha value is -2.25. The summed E-state index contributed by atoms with van der Waals surface area (Å²) in [6.45, 7) is 3.62. The quantitative estimate of drug-likeness (QED) is 0.887. The summed E-state index contributed by atoms with van der Waals surface area (Å²) in [5.41, 5.74) is 2.78. The highest BCUT2D eigenvalue weighted by molar-refractivity contribution is 7.93. The molecule has 0 bridgehead atoms. The van der Waals surface area contributed by atoms with Gasteiger partial charge in [0.2, 0.25) is 0 Å². The highest BCUT2D eigenvalue weighted by atomic mass is 35.5. The summed E-state index contributed by atoms with van der Waals surface area (Å²) in [6, 6.07) is 8.19. The van der Waals surface area contributed by atoms with Crippen LogP contribution in [0.3, 0.4) is 0 Å². The van der Waals surface area contributed by atoms with E-state index in [-0.39, 0.29) is 28.2 Å². The number of halogens is 1. The minimum absolute atomic E-state index is 0.0155. The molecule has 2 aromatic carbocycles. The van der Waals surface area contributed by atoms with Gasteiger partial charge in [-0.3, -0.25) is 9.10 Å². The smallest absolute Gasteiger partial charge is 0.265 e. The molecule has 1 heterocycles. The van der Waals surface area contributed by atoms with Gasteiger partial charge in [-0.1, -0.05) is 23.7 Å². The predicted molar refractivity (Wildman–Crippen MR) is 97.1 cm³/mol. The zero-order valence-corrected chi connectivity index (χ0v) is 15.5. The normalized spacial score (nSPS) is 13.7. The first-order valence-electron chi connectivity index (χ1n) is 7.53. The molecule has 0 saturated carbocycles. The van der Waals surface area contributed by atoms with Crippen LogP contribution in [0.1, 0.15) is 11.1 Å². The highest BCUT2D eigenvalue weighted by Gasteiger charge is 2.28. The van der Waals surface area contributed by atoms with Crippen molar-refractivity contribution in [3.63, 3.8) is 0 Å². The first-order chi connectivity index (χ1) is 11.7. The summed E-state index contributed by atoms with van der Waals surface area (Å²) in [5, 5.41) is 2.62. The number of aryl methyl sites for hydroxylation is 1. The van der Waals surface area contributed by atoms with E-state index < -0.39 is 10.0 Å². The molecule has 0 fully saturated rings. The van der Waals surface area contributed by atoms with E-state index in [4.69, 9.17) is 16.3 Å². The number of hydrogen-bond donors (Lipinski definition) is 1. The Morgan fingerprint density at radius 3 is 2.68 bits per heavy atom. The largest absolute Gasteiger partial charge is 0.482 e. The van der Waals surface area contributed by atoms with Crippen LogP contribution in [0, 0.1) is 13.8 Å². The number of ether oxygens (including phenoxy) is 1. The molecule has 0 atom stereocenters. The fourth-order valence-electron chi connectivity index (χ4n) is 2.63.